The van der Waals surface area contributed by atoms with Crippen LogP contribution in [-0.2, 0) is 4.74 Å². The lowest BCUT2D eigenvalue weighted by molar-refractivity contribution is 0.0416. The molecule has 5 N–H and O–H groups in total. The summed E-state index contributed by atoms with van der Waals surface area (Å²) in [5.41, 5.74) is 9.42. The van der Waals surface area contributed by atoms with Crippen LogP contribution in [0.25, 0.3) is 0 Å². The van der Waals surface area contributed by atoms with E-state index in [0.29, 0.717) is 6.10 Å². The van der Waals surface area contributed by atoms with E-state index in [1.54, 1.807) is 0 Å². The number of aliphatic imine (C=N–C) groups is 1. The van der Waals surface area contributed by atoms with E-state index in [1.165, 1.54) is 19.0 Å². The van der Waals surface area contributed by atoms with Gasteiger partial charge in [0.15, 0.2) is 0 Å². The van der Waals surface area contributed by atoms with Crippen molar-refractivity contribution in [2.75, 3.05) is 19.7 Å². The van der Waals surface area contributed by atoms with Crippen molar-refractivity contribution in [2.45, 2.75) is 25.9 Å². The van der Waals surface area contributed by atoms with Crippen LogP contribution < -0.4 is 16.8 Å². The summed E-state index contributed by atoms with van der Waals surface area (Å²) in [7, 11) is 0. The summed E-state index contributed by atoms with van der Waals surface area (Å²) in [5.74, 6) is -0.197. The molecule has 15 heavy (non-hydrogen) atoms. The Balaban J connectivity index is 0.000000288. The molecule has 0 radical (unpaired) electrons. The summed E-state index contributed by atoms with van der Waals surface area (Å²) in [6, 6.07) is 0. The molecule has 1 saturated heterocycles. The van der Waals surface area contributed by atoms with Gasteiger partial charge in [0.1, 0.15) is 0 Å². The first-order chi connectivity index (χ1) is 7.20. The van der Waals surface area contributed by atoms with Gasteiger partial charge in [-0.05, 0) is 32.9 Å². The molecular formula is C9H19N5O. The molecular weight excluding hydrogens is 194 g/mol. The molecule has 0 aromatic rings. The molecule has 1 rings (SSSR count). The first-order valence-corrected chi connectivity index (χ1v) is 5.00. The molecule has 0 unspecified atom stereocenters. The molecule has 0 saturated carbocycles. The molecule has 0 aromatic carbocycles. The third-order valence-electron chi connectivity index (χ3n) is 1.87. The van der Waals surface area contributed by atoms with Gasteiger partial charge in [-0.25, -0.2) is 0 Å². The van der Waals surface area contributed by atoms with Crippen LogP contribution >= 0.6 is 0 Å². The van der Waals surface area contributed by atoms with Gasteiger partial charge in [-0.3, -0.25) is 0 Å². The average Bonchev–Trinajstić information content (AvgIpc) is 2.20. The van der Waals surface area contributed by atoms with E-state index in [1.807, 2.05) is 0 Å². The van der Waals surface area contributed by atoms with Gasteiger partial charge in [0.05, 0.1) is 6.10 Å². The number of nitrogens with one attached hydrogen (secondary N) is 1. The predicted molar refractivity (Wildman–Crippen MR) is 58.9 cm³/mol. The molecule has 86 valence electrons. The van der Waals surface area contributed by atoms with Gasteiger partial charge in [-0.15, -0.1) is 4.99 Å². The molecule has 1 heterocycles. The van der Waals surface area contributed by atoms with E-state index in [9.17, 15) is 0 Å². The predicted octanol–water partition coefficient (Wildman–Crippen LogP) is -0.484. The highest BCUT2D eigenvalue weighted by Gasteiger charge is 2.11. The monoisotopic (exact) mass is 213 g/mol. The molecule has 0 aliphatic carbocycles. The van der Waals surface area contributed by atoms with Crippen LogP contribution in [0.5, 0.6) is 0 Å². The smallest absolute Gasteiger partial charge is 0.209 e. The maximum atomic E-state index is 7.64. The van der Waals surface area contributed by atoms with Gasteiger partial charge in [0.25, 0.3) is 0 Å². The Morgan fingerprint density at radius 1 is 1.53 bits per heavy atom. The number of piperidine rings is 1. The minimum Gasteiger partial charge on any atom is -0.378 e. The third-order valence-corrected chi connectivity index (χ3v) is 1.87. The maximum Gasteiger partial charge on any atom is 0.209 e. The minimum atomic E-state index is -0.197. The zero-order valence-electron chi connectivity index (χ0n) is 9.07. The van der Waals surface area contributed by atoms with Crippen LogP contribution in [0.15, 0.2) is 4.99 Å². The van der Waals surface area contributed by atoms with Crippen molar-refractivity contribution in [1.82, 2.24) is 5.32 Å². The van der Waals surface area contributed by atoms with E-state index in [4.69, 9.17) is 21.5 Å². The third kappa shape index (κ3) is 9.00. The number of guanidine groups is 1. The first-order valence-electron chi connectivity index (χ1n) is 5.00. The molecule has 6 heteroatoms. The highest BCUT2D eigenvalue weighted by Crippen LogP contribution is 2.05. The van der Waals surface area contributed by atoms with E-state index >= 15 is 0 Å². The van der Waals surface area contributed by atoms with E-state index < -0.39 is 0 Å². The number of hydrogen-bond donors (Lipinski definition) is 3. The summed E-state index contributed by atoms with van der Waals surface area (Å²) in [4.78, 5) is 2.90. The minimum absolute atomic E-state index is 0.197. The van der Waals surface area contributed by atoms with E-state index in [2.05, 4.69) is 17.2 Å². The molecule has 0 spiro atoms. The van der Waals surface area contributed by atoms with E-state index in [-0.39, 0.29) is 5.96 Å². The number of nitrogens with two attached hydrogens (primary N) is 2. The Bertz CT molecular complexity index is 210. The Labute approximate surface area is 90.3 Å². The number of hydrogen-bond acceptors (Lipinski definition) is 4. The lowest BCUT2D eigenvalue weighted by atomic mass is 10.1. The lowest BCUT2D eigenvalue weighted by Crippen LogP contribution is -2.32. The number of nitrogens with zero attached hydrogens (tertiary/aromatic N) is 2. The SMILES string of the molecule is CCOC1CCNCC1.N#CN=C(N)N. The normalized spacial score (nSPS) is 15.7. The highest BCUT2D eigenvalue weighted by molar-refractivity contribution is 5.76. The Morgan fingerprint density at radius 3 is 2.47 bits per heavy atom. The maximum absolute atomic E-state index is 7.64. The van der Waals surface area contributed by atoms with Crippen molar-refractivity contribution in [3.63, 3.8) is 0 Å². The van der Waals surface area contributed by atoms with Crippen LogP contribution in [0.2, 0.25) is 0 Å². The summed E-state index contributed by atoms with van der Waals surface area (Å²) in [5, 5.41) is 10.9. The Kier molecular flexibility index (Phi) is 8.43. The standard InChI is InChI=1S/C7H15NO.C2H4N4/c1-2-9-7-3-5-8-6-4-7;3-1-6-2(4)5/h7-8H,2-6H2,1H3;(H4,4,5,6). The number of ether oxygens (including phenoxy) is 1. The van der Waals surface area contributed by atoms with Crippen molar-refractivity contribution in [3.8, 4) is 6.19 Å². The second-order valence-corrected chi connectivity index (χ2v) is 3.04. The zero-order chi connectivity index (χ0) is 11.5. The van der Waals surface area contributed by atoms with Crippen molar-refractivity contribution < 1.29 is 4.74 Å². The second kappa shape index (κ2) is 9.24. The van der Waals surface area contributed by atoms with Crippen molar-refractivity contribution >= 4 is 5.96 Å². The topological polar surface area (TPSA) is 109 Å². The number of rotatable bonds is 2. The van der Waals surface area contributed by atoms with Gasteiger partial charge < -0.3 is 21.5 Å². The fourth-order valence-corrected chi connectivity index (χ4v) is 1.26. The van der Waals surface area contributed by atoms with Crippen LogP contribution in [0.1, 0.15) is 19.8 Å². The van der Waals surface area contributed by atoms with E-state index in [0.717, 1.165) is 19.7 Å². The largest absolute Gasteiger partial charge is 0.378 e. The quantitative estimate of drug-likeness (QED) is 0.326. The van der Waals surface area contributed by atoms with Crippen LogP contribution in [0.4, 0.5) is 0 Å². The molecule has 1 aliphatic rings. The lowest BCUT2D eigenvalue weighted by Gasteiger charge is -2.21. The Morgan fingerprint density at radius 2 is 2.13 bits per heavy atom. The van der Waals surface area contributed by atoms with Crippen molar-refractivity contribution in [3.05, 3.63) is 0 Å². The fraction of sp³-hybridized carbons (Fsp3) is 0.778. The number of nitriles is 1. The fourth-order valence-electron chi connectivity index (χ4n) is 1.26. The van der Waals surface area contributed by atoms with Gasteiger partial charge in [0.2, 0.25) is 12.2 Å². The highest BCUT2D eigenvalue weighted by atomic mass is 16.5. The summed E-state index contributed by atoms with van der Waals surface area (Å²) < 4.78 is 5.44. The van der Waals surface area contributed by atoms with Crippen LogP contribution in [0.3, 0.4) is 0 Å². The molecule has 0 amide bonds. The molecule has 1 fully saturated rings. The Hall–Kier alpha value is -1.32. The first kappa shape index (κ1) is 13.7. The summed E-state index contributed by atoms with van der Waals surface area (Å²) in [6.07, 6.45) is 4.32. The average molecular weight is 213 g/mol. The van der Waals surface area contributed by atoms with Crippen LogP contribution in [0, 0.1) is 11.5 Å². The molecule has 6 nitrogen and oxygen atoms in total. The van der Waals surface area contributed by atoms with Crippen molar-refractivity contribution in [2.24, 2.45) is 16.5 Å². The molecule has 0 aromatic heterocycles. The van der Waals surface area contributed by atoms with Gasteiger partial charge >= 0.3 is 0 Å². The van der Waals surface area contributed by atoms with Gasteiger partial charge in [-0.2, -0.15) is 5.26 Å². The molecule has 1 aliphatic heterocycles. The zero-order valence-corrected chi connectivity index (χ0v) is 9.07. The van der Waals surface area contributed by atoms with Crippen LogP contribution in [-0.4, -0.2) is 31.8 Å². The summed E-state index contributed by atoms with van der Waals surface area (Å²) >= 11 is 0. The van der Waals surface area contributed by atoms with Crippen molar-refractivity contribution in [1.29, 1.82) is 5.26 Å². The van der Waals surface area contributed by atoms with Gasteiger partial charge in [-0.1, -0.05) is 0 Å². The summed E-state index contributed by atoms with van der Waals surface area (Å²) in [6.45, 7) is 5.18. The van der Waals surface area contributed by atoms with Gasteiger partial charge in [0, 0.05) is 6.61 Å². The second-order valence-electron chi connectivity index (χ2n) is 3.04. The molecule has 0 bridgehead atoms. The molecule has 0 atom stereocenters.